The molecule has 1 aromatic heterocycles. The summed E-state index contributed by atoms with van der Waals surface area (Å²) in [6, 6.07) is 12.4. The minimum Gasteiger partial charge on any atom is -0.480 e. The number of amides is 1. The molecule has 26 heavy (non-hydrogen) atoms. The number of hydrogen-bond donors (Lipinski definition) is 1. The van der Waals surface area contributed by atoms with Crippen molar-refractivity contribution >= 4 is 12.1 Å². The molecule has 2 aromatic rings. The summed E-state index contributed by atoms with van der Waals surface area (Å²) in [7, 11) is 0. The number of piperazine rings is 1. The first kappa shape index (κ1) is 17.9. The fraction of sp³-hybridized carbons (Fsp3) is 0.316. The van der Waals surface area contributed by atoms with Gasteiger partial charge in [0, 0.05) is 32.0 Å². The van der Waals surface area contributed by atoms with Gasteiger partial charge < -0.3 is 14.7 Å². The van der Waals surface area contributed by atoms with E-state index >= 15 is 0 Å². The second-order valence-corrected chi connectivity index (χ2v) is 6.17. The van der Waals surface area contributed by atoms with Gasteiger partial charge >= 0.3 is 12.1 Å². The van der Waals surface area contributed by atoms with E-state index in [0.29, 0.717) is 19.6 Å². The van der Waals surface area contributed by atoms with Crippen LogP contribution in [0.5, 0.6) is 0 Å². The monoisotopic (exact) mass is 355 g/mol. The molecule has 1 N–H and O–H groups in total. The fourth-order valence-corrected chi connectivity index (χ4v) is 2.95. The van der Waals surface area contributed by atoms with E-state index in [1.165, 1.54) is 4.90 Å². The molecule has 3 rings (SSSR count). The van der Waals surface area contributed by atoms with Gasteiger partial charge in [0.2, 0.25) is 0 Å². The van der Waals surface area contributed by atoms with Gasteiger partial charge in [0.05, 0.1) is 6.54 Å². The van der Waals surface area contributed by atoms with Gasteiger partial charge in [0.25, 0.3) is 0 Å². The third-order valence-electron chi connectivity index (χ3n) is 4.35. The number of rotatable bonds is 5. The molecule has 1 atom stereocenters. The Morgan fingerprint density at radius 1 is 1.12 bits per heavy atom. The van der Waals surface area contributed by atoms with Crippen molar-refractivity contribution in [2.24, 2.45) is 0 Å². The van der Waals surface area contributed by atoms with Crippen molar-refractivity contribution in [2.75, 3.05) is 19.6 Å². The first-order chi connectivity index (χ1) is 12.6. The van der Waals surface area contributed by atoms with Crippen LogP contribution in [0.15, 0.2) is 54.9 Å². The maximum atomic E-state index is 12.3. The molecule has 0 bridgehead atoms. The van der Waals surface area contributed by atoms with Gasteiger partial charge in [-0.3, -0.25) is 14.7 Å². The molecule has 1 aliphatic heterocycles. The minimum atomic E-state index is -0.950. The normalized spacial score (nSPS) is 17.7. The summed E-state index contributed by atoms with van der Waals surface area (Å²) in [6.45, 7) is 1.65. The van der Waals surface area contributed by atoms with Crippen molar-refractivity contribution in [3.63, 3.8) is 0 Å². The zero-order valence-electron chi connectivity index (χ0n) is 14.3. The lowest BCUT2D eigenvalue weighted by molar-refractivity contribution is -0.145. The van der Waals surface area contributed by atoms with E-state index in [0.717, 1.165) is 11.1 Å². The number of aromatic nitrogens is 1. The Balaban J connectivity index is 1.58. The molecule has 0 saturated carbocycles. The molecular formula is C19H21N3O4. The smallest absolute Gasteiger partial charge is 0.410 e. The van der Waals surface area contributed by atoms with Crippen LogP contribution in [-0.2, 0) is 22.7 Å². The van der Waals surface area contributed by atoms with Crippen molar-refractivity contribution in [1.29, 1.82) is 0 Å². The summed E-state index contributed by atoms with van der Waals surface area (Å²) in [4.78, 5) is 31.3. The lowest BCUT2D eigenvalue weighted by Crippen LogP contribution is -2.57. The number of carbonyl (C=O) groups is 2. The largest absolute Gasteiger partial charge is 0.480 e. The average Bonchev–Trinajstić information content (AvgIpc) is 2.68. The molecule has 136 valence electrons. The third kappa shape index (κ3) is 4.58. The van der Waals surface area contributed by atoms with Gasteiger partial charge in [-0.1, -0.05) is 36.4 Å². The van der Waals surface area contributed by atoms with E-state index in [-0.39, 0.29) is 13.2 Å². The van der Waals surface area contributed by atoms with E-state index < -0.39 is 18.1 Å². The number of pyridine rings is 1. The number of nitrogens with zero attached hydrogens (tertiary/aromatic N) is 3. The molecule has 1 saturated heterocycles. The van der Waals surface area contributed by atoms with Crippen molar-refractivity contribution in [3.8, 4) is 0 Å². The second-order valence-electron chi connectivity index (χ2n) is 6.17. The maximum Gasteiger partial charge on any atom is 0.410 e. The molecule has 1 fully saturated rings. The lowest BCUT2D eigenvalue weighted by atomic mass is 10.1. The van der Waals surface area contributed by atoms with Gasteiger partial charge in [0.15, 0.2) is 0 Å². The molecule has 1 unspecified atom stereocenters. The predicted octanol–water partition coefficient (Wildman–Crippen LogP) is 1.99. The molecule has 2 heterocycles. The number of benzene rings is 1. The van der Waals surface area contributed by atoms with Crippen molar-refractivity contribution in [1.82, 2.24) is 14.8 Å². The van der Waals surface area contributed by atoms with Gasteiger partial charge in [-0.15, -0.1) is 0 Å². The van der Waals surface area contributed by atoms with Crippen LogP contribution in [0.2, 0.25) is 0 Å². The first-order valence-corrected chi connectivity index (χ1v) is 8.45. The number of aliphatic carboxylic acids is 1. The molecule has 1 aromatic carbocycles. The summed E-state index contributed by atoms with van der Waals surface area (Å²) in [5.41, 5.74) is 1.84. The zero-order chi connectivity index (χ0) is 18.4. The SMILES string of the molecule is O=C(O)C1CN(C(=O)OCc2ccccc2)CCN1Cc1cccnc1. The van der Waals surface area contributed by atoms with Crippen LogP contribution in [-0.4, -0.2) is 57.6 Å². The van der Waals surface area contributed by atoms with E-state index in [2.05, 4.69) is 4.98 Å². The molecule has 1 amide bonds. The molecule has 1 aliphatic rings. The van der Waals surface area contributed by atoms with E-state index in [9.17, 15) is 14.7 Å². The van der Waals surface area contributed by atoms with E-state index in [1.54, 1.807) is 12.4 Å². The third-order valence-corrected chi connectivity index (χ3v) is 4.35. The van der Waals surface area contributed by atoms with Gasteiger partial charge in [-0.05, 0) is 17.2 Å². The van der Waals surface area contributed by atoms with Crippen molar-refractivity contribution in [3.05, 3.63) is 66.0 Å². The highest BCUT2D eigenvalue weighted by molar-refractivity contribution is 5.76. The zero-order valence-corrected chi connectivity index (χ0v) is 14.3. The summed E-state index contributed by atoms with van der Waals surface area (Å²) < 4.78 is 5.31. The number of carboxylic acids is 1. The lowest BCUT2D eigenvalue weighted by Gasteiger charge is -2.38. The summed E-state index contributed by atoms with van der Waals surface area (Å²) >= 11 is 0. The molecule has 0 spiro atoms. The number of carbonyl (C=O) groups excluding carboxylic acids is 1. The Morgan fingerprint density at radius 3 is 2.58 bits per heavy atom. The molecule has 7 nitrogen and oxygen atoms in total. The Kier molecular flexibility index (Phi) is 5.80. The first-order valence-electron chi connectivity index (χ1n) is 8.45. The molecule has 0 radical (unpaired) electrons. The second kappa shape index (κ2) is 8.44. The molecule has 7 heteroatoms. The Labute approximate surface area is 151 Å². The fourth-order valence-electron chi connectivity index (χ4n) is 2.95. The quantitative estimate of drug-likeness (QED) is 0.883. The topological polar surface area (TPSA) is 83.0 Å². The van der Waals surface area contributed by atoms with Crippen LogP contribution in [0.4, 0.5) is 4.79 Å². The highest BCUT2D eigenvalue weighted by Crippen LogP contribution is 2.15. The highest BCUT2D eigenvalue weighted by Gasteiger charge is 2.34. The summed E-state index contributed by atoms with van der Waals surface area (Å²) in [5.74, 6) is -0.950. The summed E-state index contributed by atoms with van der Waals surface area (Å²) in [6.07, 6.45) is 2.92. The van der Waals surface area contributed by atoms with Crippen LogP contribution < -0.4 is 0 Å². The van der Waals surface area contributed by atoms with E-state index in [1.807, 2.05) is 47.4 Å². The van der Waals surface area contributed by atoms with Crippen LogP contribution in [0.3, 0.4) is 0 Å². The van der Waals surface area contributed by atoms with Gasteiger partial charge in [-0.2, -0.15) is 0 Å². The van der Waals surface area contributed by atoms with Gasteiger partial charge in [0.1, 0.15) is 12.6 Å². The Hall–Kier alpha value is -2.93. The number of hydrogen-bond acceptors (Lipinski definition) is 5. The summed E-state index contributed by atoms with van der Waals surface area (Å²) in [5, 5.41) is 9.56. The maximum absolute atomic E-state index is 12.3. The van der Waals surface area contributed by atoms with Crippen LogP contribution in [0.25, 0.3) is 0 Å². The van der Waals surface area contributed by atoms with Crippen molar-refractivity contribution in [2.45, 2.75) is 19.2 Å². The van der Waals surface area contributed by atoms with Crippen LogP contribution in [0.1, 0.15) is 11.1 Å². The number of carboxylic acid groups (broad SMARTS) is 1. The predicted molar refractivity (Wildman–Crippen MR) is 94.3 cm³/mol. The Morgan fingerprint density at radius 2 is 1.88 bits per heavy atom. The Bertz CT molecular complexity index is 739. The molecular weight excluding hydrogens is 334 g/mol. The standard InChI is InChI=1S/C19H21N3O4/c23-18(24)17-13-22(19(25)26-14-15-5-2-1-3-6-15)10-9-21(17)12-16-7-4-8-20-11-16/h1-8,11,17H,9-10,12-14H2,(H,23,24). The van der Waals surface area contributed by atoms with Gasteiger partial charge in [-0.25, -0.2) is 4.79 Å². The minimum absolute atomic E-state index is 0.100. The van der Waals surface area contributed by atoms with Crippen LogP contribution in [0, 0.1) is 0 Å². The van der Waals surface area contributed by atoms with E-state index in [4.69, 9.17) is 4.74 Å². The van der Waals surface area contributed by atoms with Crippen LogP contribution >= 0.6 is 0 Å². The molecule has 0 aliphatic carbocycles. The average molecular weight is 355 g/mol. The highest BCUT2D eigenvalue weighted by atomic mass is 16.6. The number of ether oxygens (including phenoxy) is 1. The van der Waals surface area contributed by atoms with Crippen molar-refractivity contribution < 1.29 is 19.4 Å².